The first kappa shape index (κ1) is 16.4. The summed E-state index contributed by atoms with van der Waals surface area (Å²) in [6, 6.07) is 10.7. The lowest BCUT2D eigenvalue weighted by atomic mass is 10.1. The second kappa shape index (κ2) is 7.90. The van der Waals surface area contributed by atoms with Gasteiger partial charge < -0.3 is 10.6 Å². The molecule has 0 aliphatic heterocycles. The number of anilines is 2. The fourth-order valence-electron chi connectivity index (χ4n) is 1.93. The van der Waals surface area contributed by atoms with Crippen LogP contribution in [0.4, 0.5) is 11.5 Å². The zero-order valence-electron chi connectivity index (χ0n) is 13.2. The topological polar surface area (TPSA) is 90.7 Å². The van der Waals surface area contributed by atoms with Crippen molar-refractivity contribution in [3.8, 4) is 6.07 Å². The van der Waals surface area contributed by atoms with Gasteiger partial charge in [0.05, 0.1) is 11.6 Å². The van der Waals surface area contributed by atoms with E-state index >= 15 is 0 Å². The van der Waals surface area contributed by atoms with Crippen LogP contribution in [0.1, 0.15) is 36.3 Å². The predicted molar refractivity (Wildman–Crippen MR) is 88.3 cm³/mol. The predicted octanol–water partition coefficient (Wildman–Crippen LogP) is 2.87. The Morgan fingerprint density at radius 2 is 2.13 bits per heavy atom. The van der Waals surface area contributed by atoms with Crippen molar-refractivity contribution in [3.63, 3.8) is 0 Å². The number of nitrogens with one attached hydrogen (secondary N) is 2. The van der Waals surface area contributed by atoms with Crippen LogP contribution in [0.15, 0.2) is 36.7 Å². The maximum absolute atomic E-state index is 12.1. The van der Waals surface area contributed by atoms with E-state index in [9.17, 15) is 4.79 Å². The summed E-state index contributed by atoms with van der Waals surface area (Å²) < 4.78 is 0. The number of rotatable bonds is 6. The number of amides is 1. The van der Waals surface area contributed by atoms with Crippen molar-refractivity contribution in [1.29, 1.82) is 5.26 Å². The van der Waals surface area contributed by atoms with Crippen LogP contribution in [0, 0.1) is 17.2 Å². The van der Waals surface area contributed by atoms with Crippen molar-refractivity contribution in [2.75, 3.05) is 11.9 Å². The standard InChI is InChI=1S/C17H19N5O/c1-12(2)6-7-19-17(23)15-9-16(21-11-20-15)22-14-5-3-4-13(8-14)10-18/h3-5,8-9,11-12H,6-7H2,1-2H3,(H,19,23)(H,20,21,22). The summed E-state index contributed by atoms with van der Waals surface area (Å²) in [7, 11) is 0. The normalized spacial score (nSPS) is 10.2. The summed E-state index contributed by atoms with van der Waals surface area (Å²) in [5, 5.41) is 14.8. The largest absolute Gasteiger partial charge is 0.351 e. The molecule has 1 aromatic heterocycles. The molecule has 0 aliphatic carbocycles. The number of hydrogen-bond acceptors (Lipinski definition) is 5. The minimum Gasteiger partial charge on any atom is -0.351 e. The van der Waals surface area contributed by atoms with E-state index in [1.54, 1.807) is 24.3 Å². The van der Waals surface area contributed by atoms with Crippen LogP contribution in [0.25, 0.3) is 0 Å². The van der Waals surface area contributed by atoms with Crippen molar-refractivity contribution in [1.82, 2.24) is 15.3 Å². The molecule has 1 amide bonds. The molecule has 1 heterocycles. The average Bonchev–Trinajstić information content (AvgIpc) is 2.55. The van der Waals surface area contributed by atoms with Crippen molar-refractivity contribution < 1.29 is 4.79 Å². The number of carbonyl (C=O) groups excluding carboxylic acids is 1. The summed E-state index contributed by atoms with van der Waals surface area (Å²) in [4.78, 5) is 20.2. The molecule has 0 radical (unpaired) electrons. The maximum atomic E-state index is 12.1. The lowest BCUT2D eigenvalue weighted by Crippen LogP contribution is -2.26. The number of nitriles is 1. The van der Waals surface area contributed by atoms with Gasteiger partial charge in [0, 0.05) is 18.3 Å². The molecule has 6 heteroatoms. The molecule has 0 atom stereocenters. The third-order valence-corrected chi connectivity index (χ3v) is 3.17. The molecule has 0 spiro atoms. The van der Waals surface area contributed by atoms with E-state index in [-0.39, 0.29) is 5.91 Å². The van der Waals surface area contributed by atoms with Crippen molar-refractivity contribution in [3.05, 3.63) is 47.9 Å². The van der Waals surface area contributed by atoms with Gasteiger partial charge in [-0.25, -0.2) is 9.97 Å². The number of benzene rings is 1. The van der Waals surface area contributed by atoms with Crippen LogP contribution in [-0.4, -0.2) is 22.4 Å². The van der Waals surface area contributed by atoms with E-state index in [0.29, 0.717) is 29.5 Å². The van der Waals surface area contributed by atoms with E-state index in [2.05, 4.69) is 40.5 Å². The lowest BCUT2D eigenvalue weighted by Gasteiger charge is -2.08. The Balaban J connectivity index is 2.04. The van der Waals surface area contributed by atoms with Crippen molar-refractivity contribution >= 4 is 17.4 Å². The molecule has 0 aliphatic rings. The highest BCUT2D eigenvalue weighted by molar-refractivity contribution is 5.92. The molecule has 0 saturated heterocycles. The monoisotopic (exact) mass is 309 g/mol. The van der Waals surface area contributed by atoms with E-state index in [1.807, 2.05) is 6.07 Å². The van der Waals surface area contributed by atoms with Gasteiger partial charge in [0.1, 0.15) is 17.8 Å². The van der Waals surface area contributed by atoms with Gasteiger partial charge >= 0.3 is 0 Å². The van der Waals surface area contributed by atoms with Gasteiger partial charge in [-0.1, -0.05) is 19.9 Å². The number of carbonyl (C=O) groups is 1. The molecule has 1 aromatic carbocycles. The Hall–Kier alpha value is -2.94. The first-order valence-electron chi connectivity index (χ1n) is 7.46. The van der Waals surface area contributed by atoms with Gasteiger partial charge in [-0.15, -0.1) is 0 Å². The van der Waals surface area contributed by atoms with Crippen LogP contribution in [-0.2, 0) is 0 Å². The van der Waals surface area contributed by atoms with Gasteiger partial charge in [-0.2, -0.15) is 5.26 Å². The summed E-state index contributed by atoms with van der Waals surface area (Å²) in [5.74, 6) is 0.816. The van der Waals surface area contributed by atoms with Gasteiger partial charge in [-0.3, -0.25) is 4.79 Å². The van der Waals surface area contributed by atoms with Crippen molar-refractivity contribution in [2.45, 2.75) is 20.3 Å². The molecule has 2 N–H and O–H groups in total. The second-order valence-corrected chi connectivity index (χ2v) is 5.54. The molecule has 118 valence electrons. The van der Waals surface area contributed by atoms with E-state index in [4.69, 9.17) is 5.26 Å². The smallest absolute Gasteiger partial charge is 0.270 e. The van der Waals surface area contributed by atoms with E-state index < -0.39 is 0 Å². The summed E-state index contributed by atoms with van der Waals surface area (Å²) >= 11 is 0. The third-order valence-electron chi connectivity index (χ3n) is 3.17. The molecule has 2 rings (SSSR count). The SMILES string of the molecule is CC(C)CCNC(=O)c1cc(Nc2cccc(C#N)c2)ncn1. The second-order valence-electron chi connectivity index (χ2n) is 5.54. The fraction of sp³-hybridized carbons (Fsp3) is 0.294. The lowest BCUT2D eigenvalue weighted by molar-refractivity contribution is 0.0947. The number of aromatic nitrogens is 2. The molecule has 0 saturated carbocycles. The molecule has 2 aromatic rings. The van der Waals surface area contributed by atoms with E-state index in [1.165, 1.54) is 6.33 Å². The zero-order chi connectivity index (χ0) is 16.7. The minimum atomic E-state index is -0.220. The Labute approximate surface area is 135 Å². The third kappa shape index (κ3) is 5.08. The maximum Gasteiger partial charge on any atom is 0.270 e. The summed E-state index contributed by atoms with van der Waals surface area (Å²) in [6.07, 6.45) is 2.26. The highest BCUT2D eigenvalue weighted by Gasteiger charge is 2.09. The molecule has 6 nitrogen and oxygen atoms in total. The van der Waals surface area contributed by atoms with Crippen molar-refractivity contribution in [2.24, 2.45) is 5.92 Å². The zero-order valence-corrected chi connectivity index (χ0v) is 13.2. The highest BCUT2D eigenvalue weighted by atomic mass is 16.1. The molecule has 23 heavy (non-hydrogen) atoms. The van der Waals surface area contributed by atoms with E-state index in [0.717, 1.165) is 12.1 Å². The van der Waals surface area contributed by atoms with Crippen LogP contribution in [0.5, 0.6) is 0 Å². The van der Waals surface area contributed by atoms with Crippen LogP contribution < -0.4 is 10.6 Å². The Kier molecular flexibility index (Phi) is 5.64. The first-order valence-corrected chi connectivity index (χ1v) is 7.46. The molecule has 0 unspecified atom stereocenters. The quantitative estimate of drug-likeness (QED) is 0.856. The molecular formula is C17H19N5O. The Morgan fingerprint density at radius 1 is 1.30 bits per heavy atom. The Morgan fingerprint density at radius 3 is 2.87 bits per heavy atom. The molecular weight excluding hydrogens is 290 g/mol. The van der Waals surface area contributed by atoms with Crippen LogP contribution in [0.3, 0.4) is 0 Å². The first-order chi connectivity index (χ1) is 11.1. The number of hydrogen-bond donors (Lipinski definition) is 2. The van der Waals surface area contributed by atoms with Gasteiger partial charge in [0.2, 0.25) is 0 Å². The number of nitrogens with zero attached hydrogens (tertiary/aromatic N) is 3. The Bertz CT molecular complexity index is 721. The fourth-order valence-corrected chi connectivity index (χ4v) is 1.93. The van der Waals surface area contributed by atoms with Gasteiger partial charge in [-0.05, 0) is 30.5 Å². The van der Waals surface area contributed by atoms with Crippen LogP contribution in [0.2, 0.25) is 0 Å². The van der Waals surface area contributed by atoms with Gasteiger partial charge in [0.15, 0.2) is 0 Å². The molecule has 0 fully saturated rings. The summed E-state index contributed by atoms with van der Waals surface area (Å²) in [6.45, 7) is 4.83. The minimum absolute atomic E-state index is 0.220. The summed E-state index contributed by atoms with van der Waals surface area (Å²) in [5.41, 5.74) is 1.59. The molecule has 0 bridgehead atoms. The van der Waals surface area contributed by atoms with Crippen LogP contribution >= 0.6 is 0 Å². The average molecular weight is 309 g/mol. The highest BCUT2D eigenvalue weighted by Crippen LogP contribution is 2.15. The van der Waals surface area contributed by atoms with Gasteiger partial charge in [0.25, 0.3) is 5.91 Å².